The maximum atomic E-state index is 12.4. The number of esters is 2. The molecule has 0 aromatic rings. The molecule has 0 saturated carbocycles. The minimum absolute atomic E-state index is 0.0346. The summed E-state index contributed by atoms with van der Waals surface area (Å²) in [5.41, 5.74) is 0. The van der Waals surface area contributed by atoms with Gasteiger partial charge in [0.2, 0.25) is 0 Å². The SMILES string of the molecule is O=C(CCCC(=O)OCC(F)(F)C(F)F)OCC(Cl)Cl. The average molecular weight is 343 g/mol. The number of hydrogen-bond acceptors (Lipinski definition) is 4. The fourth-order valence-corrected chi connectivity index (χ4v) is 1.04. The molecular weight excluding hydrogens is 331 g/mol. The molecule has 0 saturated heterocycles. The van der Waals surface area contributed by atoms with Gasteiger partial charge in [-0.3, -0.25) is 9.59 Å². The second kappa shape index (κ2) is 9.23. The van der Waals surface area contributed by atoms with Crippen molar-refractivity contribution < 1.29 is 36.6 Å². The van der Waals surface area contributed by atoms with Gasteiger partial charge in [-0.1, -0.05) is 0 Å². The van der Waals surface area contributed by atoms with Gasteiger partial charge in [0, 0.05) is 12.8 Å². The van der Waals surface area contributed by atoms with Crippen molar-refractivity contribution in [3.8, 4) is 0 Å². The topological polar surface area (TPSA) is 52.6 Å². The van der Waals surface area contributed by atoms with Gasteiger partial charge in [0.25, 0.3) is 0 Å². The van der Waals surface area contributed by atoms with Crippen LogP contribution in [0.3, 0.4) is 0 Å². The molecule has 0 heterocycles. The van der Waals surface area contributed by atoms with Crippen molar-refractivity contribution in [2.45, 2.75) is 36.4 Å². The first-order valence-electron chi connectivity index (χ1n) is 5.40. The first kappa shape index (κ1) is 19.2. The summed E-state index contributed by atoms with van der Waals surface area (Å²) < 4.78 is 56.8. The first-order valence-corrected chi connectivity index (χ1v) is 6.28. The Morgan fingerprint density at radius 3 is 2.00 bits per heavy atom. The lowest BCUT2D eigenvalue weighted by Crippen LogP contribution is -2.33. The average Bonchev–Trinajstić information content (AvgIpc) is 2.34. The summed E-state index contributed by atoms with van der Waals surface area (Å²) in [5.74, 6) is -6.17. The van der Waals surface area contributed by atoms with Gasteiger partial charge in [-0.25, -0.2) is 8.78 Å². The Labute approximate surface area is 122 Å². The molecule has 0 fully saturated rings. The lowest BCUT2D eigenvalue weighted by Gasteiger charge is -2.14. The van der Waals surface area contributed by atoms with E-state index in [0.29, 0.717) is 0 Å². The molecule has 0 radical (unpaired) electrons. The number of carbonyl (C=O) groups excluding carboxylic acids is 2. The highest BCUT2D eigenvalue weighted by Crippen LogP contribution is 2.23. The minimum Gasteiger partial charge on any atom is -0.463 e. The molecule has 0 aromatic carbocycles. The molecule has 118 valence electrons. The van der Waals surface area contributed by atoms with Gasteiger partial charge in [0.05, 0.1) is 0 Å². The molecule has 0 rings (SSSR count). The highest BCUT2D eigenvalue weighted by atomic mass is 35.5. The van der Waals surface area contributed by atoms with Crippen LogP contribution in [0.1, 0.15) is 19.3 Å². The molecule has 0 spiro atoms. The third kappa shape index (κ3) is 9.19. The molecule has 0 N–H and O–H groups in total. The van der Waals surface area contributed by atoms with Crippen molar-refractivity contribution in [1.82, 2.24) is 0 Å². The predicted molar refractivity (Wildman–Crippen MR) is 62.2 cm³/mol. The molecule has 0 aliphatic rings. The van der Waals surface area contributed by atoms with E-state index in [2.05, 4.69) is 9.47 Å². The third-order valence-electron chi connectivity index (χ3n) is 1.88. The van der Waals surface area contributed by atoms with Crippen LogP contribution in [-0.4, -0.2) is 42.3 Å². The van der Waals surface area contributed by atoms with Crippen molar-refractivity contribution in [2.75, 3.05) is 13.2 Å². The van der Waals surface area contributed by atoms with Crippen LogP contribution in [0.5, 0.6) is 0 Å². The third-order valence-corrected chi connectivity index (χ3v) is 2.13. The van der Waals surface area contributed by atoms with E-state index in [1.807, 2.05) is 0 Å². The maximum Gasteiger partial charge on any atom is 0.340 e. The largest absolute Gasteiger partial charge is 0.463 e. The summed E-state index contributed by atoms with van der Waals surface area (Å²) in [6.07, 6.45) is -4.50. The zero-order valence-electron chi connectivity index (χ0n) is 10.1. The van der Waals surface area contributed by atoms with E-state index in [1.165, 1.54) is 0 Å². The highest BCUT2D eigenvalue weighted by Gasteiger charge is 2.42. The fourth-order valence-electron chi connectivity index (χ4n) is 0.917. The van der Waals surface area contributed by atoms with Gasteiger partial charge in [-0.05, 0) is 6.42 Å². The number of carbonyl (C=O) groups is 2. The molecule has 0 aliphatic heterocycles. The van der Waals surface area contributed by atoms with Gasteiger partial charge in [-0.15, -0.1) is 23.2 Å². The van der Waals surface area contributed by atoms with E-state index in [1.54, 1.807) is 0 Å². The van der Waals surface area contributed by atoms with Gasteiger partial charge in [-0.2, -0.15) is 8.78 Å². The molecule has 20 heavy (non-hydrogen) atoms. The van der Waals surface area contributed by atoms with Crippen LogP contribution in [-0.2, 0) is 19.1 Å². The van der Waals surface area contributed by atoms with Crippen molar-refractivity contribution in [3.05, 3.63) is 0 Å². The fraction of sp³-hybridized carbons (Fsp3) is 0.800. The number of rotatable bonds is 9. The van der Waals surface area contributed by atoms with E-state index in [9.17, 15) is 27.2 Å². The van der Waals surface area contributed by atoms with Crippen LogP contribution in [0.4, 0.5) is 17.6 Å². The first-order chi connectivity index (χ1) is 9.15. The van der Waals surface area contributed by atoms with Gasteiger partial charge in [0.1, 0.15) is 11.4 Å². The normalized spacial score (nSPS) is 11.8. The van der Waals surface area contributed by atoms with Crippen LogP contribution in [0.2, 0.25) is 0 Å². The predicted octanol–water partition coefficient (Wildman–Crippen LogP) is 2.95. The molecule has 0 atom stereocenters. The Bertz CT molecular complexity index is 326. The smallest absolute Gasteiger partial charge is 0.340 e. The number of ether oxygens (including phenoxy) is 2. The summed E-state index contributed by atoms with van der Waals surface area (Å²) in [5, 5.41) is 0. The molecule has 0 aliphatic carbocycles. The molecule has 0 aromatic heterocycles. The van der Waals surface area contributed by atoms with Gasteiger partial charge in [0.15, 0.2) is 6.61 Å². The summed E-state index contributed by atoms with van der Waals surface area (Å²) >= 11 is 10.6. The summed E-state index contributed by atoms with van der Waals surface area (Å²) in [6.45, 7) is -1.92. The Kier molecular flexibility index (Phi) is 8.88. The highest BCUT2D eigenvalue weighted by molar-refractivity contribution is 6.44. The maximum absolute atomic E-state index is 12.4. The lowest BCUT2D eigenvalue weighted by atomic mass is 10.2. The Morgan fingerprint density at radius 1 is 1.05 bits per heavy atom. The summed E-state index contributed by atoms with van der Waals surface area (Å²) in [7, 11) is 0. The van der Waals surface area contributed by atoms with Crippen molar-refractivity contribution in [2.24, 2.45) is 0 Å². The monoisotopic (exact) mass is 342 g/mol. The van der Waals surface area contributed by atoms with Crippen molar-refractivity contribution >= 4 is 35.1 Å². The van der Waals surface area contributed by atoms with Gasteiger partial charge >= 0.3 is 24.3 Å². The molecule has 0 unspecified atom stereocenters. The summed E-state index contributed by atoms with van der Waals surface area (Å²) in [6, 6.07) is 0. The Balaban J connectivity index is 3.76. The number of hydrogen-bond donors (Lipinski definition) is 0. The summed E-state index contributed by atoms with van der Waals surface area (Å²) in [4.78, 5) is 21.1. The van der Waals surface area contributed by atoms with Crippen LogP contribution in [0.25, 0.3) is 0 Å². The van der Waals surface area contributed by atoms with E-state index in [0.717, 1.165) is 0 Å². The zero-order chi connectivity index (χ0) is 15.8. The van der Waals surface area contributed by atoms with Crippen LogP contribution >= 0.6 is 23.2 Å². The van der Waals surface area contributed by atoms with Crippen molar-refractivity contribution in [1.29, 1.82) is 0 Å². The van der Waals surface area contributed by atoms with Crippen LogP contribution in [0.15, 0.2) is 0 Å². The number of alkyl halides is 6. The lowest BCUT2D eigenvalue weighted by molar-refractivity contribution is -0.179. The molecule has 10 heteroatoms. The van der Waals surface area contributed by atoms with E-state index >= 15 is 0 Å². The minimum atomic E-state index is -4.38. The quantitative estimate of drug-likeness (QED) is 0.367. The number of halogens is 6. The van der Waals surface area contributed by atoms with E-state index < -0.39 is 35.7 Å². The van der Waals surface area contributed by atoms with Crippen LogP contribution < -0.4 is 0 Å². The van der Waals surface area contributed by atoms with E-state index in [4.69, 9.17) is 23.2 Å². The second-order valence-electron chi connectivity index (χ2n) is 3.65. The Hall–Kier alpha value is -0.760. The zero-order valence-corrected chi connectivity index (χ0v) is 11.6. The molecule has 0 bridgehead atoms. The van der Waals surface area contributed by atoms with Crippen molar-refractivity contribution in [3.63, 3.8) is 0 Å². The van der Waals surface area contributed by atoms with Crippen LogP contribution in [0, 0.1) is 0 Å². The molecule has 4 nitrogen and oxygen atoms in total. The molecular formula is C10H12Cl2F4O4. The molecule has 0 amide bonds. The Morgan fingerprint density at radius 2 is 1.55 bits per heavy atom. The standard InChI is InChI=1S/C10H12Cl2F4O4/c11-6(12)4-19-7(17)2-1-3-8(18)20-5-10(15,16)9(13)14/h6,9H,1-5H2. The van der Waals surface area contributed by atoms with Gasteiger partial charge < -0.3 is 9.47 Å². The van der Waals surface area contributed by atoms with E-state index in [-0.39, 0.29) is 25.9 Å². The second-order valence-corrected chi connectivity index (χ2v) is 4.93.